The molecule has 2 rings (SSSR count). The van der Waals surface area contributed by atoms with E-state index < -0.39 is 0 Å². The Morgan fingerprint density at radius 2 is 1.75 bits per heavy atom. The third-order valence-electron chi connectivity index (χ3n) is 4.34. The van der Waals surface area contributed by atoms with Gasteiger partial charge < -0.3 is 10.6 Å². The van der Waals surface area contributed by atoms with Crippen molar-refractivity contribution in [2.75, 3.05) is 6.54 Å². The molecule has 0 saturated heterocycles. The molecule has 0 aromatic carbocycles. The monoisotopic (exact) mass is 223 g/mol. The highest BCUT2D eigenvalue weighted by molar-refractivity contribution is 5.81. The molecule has 0 aromatic rings. The lowest BCUT2D eigenvalue weighted by Gasteiger charge is -2.48. The van der Waals surface area contributed by atoms with Crippen LogP contribution in [0.3, 0.4) is 0 Å². The molecule has 92 valence electrons. The number of nitrogens with zero attached hydrogens (tertiary/aromatic N) is 2. The average molecular weight is 223 g/mol. The summed E-state index contributed by atoms with van der Waals surface area (Å²) in [7, 11) is 0. The summed E-state index contributed by atoms with van der Waals surface area (Å²) in [5, 5.41) is 0. The van der Waals surface area contributed by atoms with Gasteiger partial charge in [-0.15, -0.1) is 0 Å². The number of rotatable bonds is 1. The Morgan fingerprint density at radius 1 is 1.19 bits per heavy atom. The first-order valence-corrected chi connectivity index (χ1v) is 6.46. The minimum atomic E-state index is 0.244. The van der Waals surface area contributed by atoms with E-state index in [0.29, 0.717) is 11.5 Å². The van der Waals surface area contributed by atoms with Crippen LogP contribution in [0.5, 0.6) is 0 Å². The van der Waals surface area contributed by atoms with Gasteiger partial charge in [-0.3, -0.25) is 4.99 Å². The van der Waals surface area contributed by atoms with E-state index in [4.69, 9.17) is 5.73 Å². The van der Waals surface area contributed by atoms with Gasteiger partial charge in [-0.2, -0.15) is 0 Å². The van der Waals surface area contributed by atoms with Crippen molar-refractivity contribution in [3.8, 4) is 0 Å². The van der Waals surface area contributed by atoms with E-state index in [1.165, 1.54) is 25.7 Å². The predicted octanol–water partition coefficient (Wildman–Crippen LogP) is 2.36. The summed E-state index contributed by atoms with van der Waals surface area (Å²) in [5.41, 5.74) is 6.78. The van der Waals surface area contributed by atoms with E-state index in [2.05, 4.69) is 37.6 Å². The average Bonchev–Trinajstić information content (AvgIpc) is 2.50. The summed E-state index contributed by atoms with van der Waals surface area (Å²) >= 11 is 0. The highest BCUT2D eigenvalue weighted by atomic mass is 15.4. The van der Waals surface area contributed by atoms with Crippen LogP contribution in [-0.4, -0.2) is 29.0 Å². The summed E-state index contributed by atoms with van der Waals surface area (Å²) in [6.07, 6.45) is 5.06. The van der Waals surface area contributed by atoms with Gasteiger partial charge in [0.1, 0.15) is 0 Å². The third-order valence-corrected chi connectivity index (χ3v) is 4.34. The van der Waals surface area contributed by atoms with Crippen LogP contribution in [0, 0.1) is 5.41 Å². The van der Waals surface area contributed by atoms with Crippen molar-refractivity contribution < 1.29 is 0 Å². The zero-order chi connectivity index (χ0) is 12.0. The van der Waals surface area contributed by atoms with Crippen molar-refractivity contribution in [3.05, 3.63) is 0 Å². The lowest BCUT2D eigenvalue weighted by Crippen LogP contribution is -2.56. The number of hydrogen-bond donors (Lipinski definition) is 1. The van der Waals surface area contributed by atoms with Crippen LogP contribution in [0.1, 0.15) is 53.4 Å². The molecule has 0 amide bonds. The lowest BCUT2D eigenvalue weighted by atomic mass is 9.69. The predicted molar refractivity (Wildman–Crippen MR) is 68.4 cm³/mol. The van der Waals surface area contributed by atoms with Crippen molar-refractivity contribution in [1.29, 1.82) is 0 Å². The summed E-state index contributed by atoms with van der Waals surface area (Å²) in [6.45, 7) is 10.1. The molecule has 3 heteroatoms. The fraction of sp³-hybridized carbons (Fsp3) is 0.923. The Balaban J connectivity index is 2.16. The van der Waals surface area contributed by atoms with Gasteiger partial charge in [-0.25, -0.2) is 0 Å². The lowest BCUT2D eigenvalue weighted by molar-refractivity contribution is 0.0665. The molecule has 1 fully saturated rings. The number of guanidine groups is 1. The van der Waals surface area contributed by atoms with Gasteiger partial charge in [0.2, 0.25) is 0 Å². The van der Waals surface area contributed by atoms with Crippen LogP contribution in [0.25, 0.3) is 0 Å². The molecular formula is C13H25N3. The molecule has 2 aliphatic rings. The molecule has 1 aliphatic heterocycles. The topological polar surface area (TPSA) is 41.6 Å². The van der Waals surface area contributed by atoms with Gasteiger partial charge in [-0.1, -0.05) is 13.8 Å². The van der Waals surface area contributed by atoms with Crippen molar-refractivity contribution in [1.82, 2.24) is 4.90 Å². The maximum absolute atomic E-state index is 6.03. The van der Waals surface area contributed by atoms with Crippen molar-refractivity contribution >= 4 is 5.96 Å². The largest absolute Gasteiger partial charge is 0.370 e. The van der Waals surface area contributed by atoms with Crippen LogP contribution in [0.15, 0.2) is 4.99 Å². The molecule has 0 bridgehead atoms. The number of nitrogens with two attached hydrogens (primary N) is 1. The molecule has 3 nitrogen and oxygen atoms in total. The van der Waals surface area contributed by atoms with E-state index in [1.54, 1.807) is 0 Å². The zero-order valence-corrected chi connectivity index (χ0v) is 11.1. The number of hydrogen-bond acceptors (Lipinski definition) is 3. The second-order valence-electron chi connectivity index (χ2n) is 6.53. The van der Waals surface area contributed by atoms with Crippen LogP contribution in [-0.2, 0) is 0 Å². The fourth-order valence-corrected chi connectivity index (χ4v) is 3.23. The second-order valence-corrected chi connectivity index (χ2v) is 6.53. The Kier molecular flexibility index (Phi) is 2.67. The molecule has 1 spiro atoms. The van der Waals surface area contributed by atoms with E-state index >= 15 is 0 Å². The van der Waals surface area contributed by atoms with Crippen molar-refractivity contribution in [2.24, 2.45) is 16.1 Å². The van der Waals surface area contributed by atoms with Gasteiger partial charge in [0.25, 0.3) is 0 Å². The molecule has 1 heterocycles. The van der Waals surface area contributed by atoms with Crippen LogP contribution in [0.4, 0.5) is 0 Å². The normalized spacial score (nSPS) is 27.6. The smallest absolute Gasteiger partial charge is 0.192 e. The molecule has 16 heavy (non-hydrogen) atoms. The highest BCUT2D eigenvalue weighted by Crippen LogP contribution is 2.45. The molecule has 1 aliphatic carbocycles. The van der Waals surface area contributed by atoms with Crippen LogP contribution >= 0.6 is 0 Å². The Morgan fingerprint density at radius 3 is 2.25 bits per heavy atom. The first-order chi connectivity index (χ1) is 7.36. The Bertz CT molecular complexity index is 294. The van der Waals surface area contributed by atoms with Gasteiger partial charge in [0.05, 0.1) is 12.1 Å². The van der Waals surface area contributed by atoms with E-state index in [1.807, 2.05) is 0 Å². The molecule has 0 aromatic heterocycles. The molecule has 2 N–H and O–H groups in total. The van der Waals surface area contributed by atoms with Crippen LogP contribution < -0.4 is 5.73 Å². The van der Waals surface area contributed by atoms with E-state index in [0.717, 1.165) is 12.5 Å². The van der Waals surface area contributed by atoms with Crippen LogP contribution in [0.2, 0.25) is 0 Å². The first-order valence-electron chi connectivity index (χ1n) is 6.46. The quantitative estimate of drug-likeness (QED) is 0.741. The number of aliphatic imine (C=N–C) groups is 1. The van der Waals surface area contributed by atoms with Gasteiger partial charge in [-0.05, 0) is 44.9 Å². The van der Waals surface area contributed by atoms with E-state index in [-0.39, 0.29) is 5.54 Å². The molecule has 0 atom stereocenters. The van der Waals surface area contributed by atoms with Crippen molar-refractivity contribution in [3.63, 3.8) is 0 Å². The zero-order valence-electron chi connectivity index (χ0n) is 11.1. The maximum Gasteiger partial charge on any atom is 0.192 e. The fourth-order valence-electron chi connectivity index (χ4n) is 3.23. The summed E-state index contributed by atoms with van der Waals surface area (Å²) in [4.78, 5) is 6.85. The van der Waals surface area contributed by atoms with Gasteiger partial charge in [0, 0.05) is 6.04 Å². The summed E-state index contributed by atoms with van der Waals surface area (Å²) in [6, 6.07) is 0.465. The summed E-state index contributed by atoms with van der Waals surface area (Å²) in [5.74, 6) is 0.759. The molecular weight excluding hydrogens is 198 g/mol. The minimum Gasteiger partial charge on any atom is -0.370 e. The first kappa shape index (κ1) is 11.7. The summed E-state index contributed by atoms with van der Waals surface area (Å²) < 4.78 is 0. The standard InChI is InChI=1S/C13H25N3/c1-10(2)16-11(14)15-9-13(16)7-5-12(3,4)6-8-13/h10H,5-9H2,1-4H3,(H2,14,15). The van der Waals surface area contributed by atoms with Crippen molar-refractivity contribution in [2.45, 2.75) is 65.0 Å². The minimum absolute atomic E-state index is 0.244. The maximum atomic E-state index is 6.03. The molecule has 0 radical (unpaired) electrons. The SMILES string of the molecule is CC(C)N1C(N)=NCC12CCC(C)(C)CC2. The van der Waals surface area contributed by atoms with E-state index in [9.17, 15) is 0 Å². The Labute approximate surface area is 99.1 Å². The highest BCUT2D eigenvalue weighted by Gasteiger charge is 2.47. The molecule has 0 unspecified atom stereocenters. The van der Waals surface area contributed by atoms with Gasteiger partial charge >= 0.3 is 0 Å². The second kappa shape index (κ2) is 3.64. The molecule has 1 saturated carbocycles. The van der Waals surface area contributed by atoms with Gasteiger partial charge in [0.15, 0.2) is 5.96 Å². The Hall–Kier alpha value is -0.730. The third kappa shape index (κ3) is 1.80.